The second-order valence-corrected chi connectivity index (χ2v) is 5.98. The fraction of sp³-hybridized carbons (Fsp3) is 0.583. The summed E-state index contributed by atoms with van der Waals surface area (Å²) in [5.41, 5.74) is 0. The minimum Gasteiger partial charge on any atom is -0.354 e. The van der Waals surface area contributed by atoms with Gasteiger partial charge in [0.2, 0.25) is 0 Å². The largest absolute Gasteiger partial charge is 0.354 e. The van der Waals surface area contributed by atoms with Crippen molar-refractivity contribution in [2.24, 2.45) is 4.99 Å². The molecule has 1 aliphatic carbocycles. The lowest BCUT2D eigenvalue weighted by molar-refractivity contribution is 0.618. The van der Waals surface area contributed by atoms with Crippen molar-refractivity contribution in [3.63, 3.8) is 0 Å². The molecule has 2 rings (SSSR count). The Bertz CT molecular complexity index is 404. The summed E-state index contributed by atoms with van der Waals surface area (Å²) in [5.74, 6) is 0.892. The molecule has 0 saturated heterocycles. The highest BCUT2D eigenvalue weighted by molar-refractivity contribution is 14.0. The number of rotatable bonds is 4. The van der Waals surface area contributed by atoms with Crippen molar-refractivity contribution in [1.29, 1.82) is 0 Å². The van der Waals surface area contributed by atoms with Crippen LogP contribution >= 0.6 is 46.9 Å². The molecule has 1 aliphatic rings. The molecular weight excluding hydrogens is 381 g/mol. The van der Waals surface area contributed by atoms with Crippen molar-refractivity contribution >= 4 is 52.9 Å². The molecule has 18 heavy (non-hydrogen) atoms. The summed E-state index contributed by atoms with van der Waals surface area (Å²) in [7, 11) is 1.81. The van der Waals surface area contributed by atoms with Crippen LogP contribution in [0, 0.1) is 0 Å². The molecule has 0 spiro atoms. The van der Waals surface area contributed by atoms with E-state index in [1.54, 1.807) is 11.3 Å². The van der Waals surface area contributed by atoms with Gasteiger partial charge in [0.1, 0.15) is 0 Å². The van der Waals surface area contributed by atoms with Crippen LogP contribution < -0.4 is 10.6 Å². The Morgan fingerprint density at radius 1 is 1.56 bits per heavy atom. The number of thiophene rings is 1. The van der Waals surface area contributed by atoms with Crippen LogP contribution in [0.25, 0.3) is 0 Å². The van der Waals surface area contributed by atoms with Crippen LogP contribution in [0.4, 0.5) is 0 Å². The van der Waals surface area contributed by atoms with Crippen molar-refractivity contribution < 1.29 is 0 Å². The average Bonchev–Trinajstić information content (AvgIpc) is 3.05. The third kappa shape index (κ3) is 4.59. The van der Waals surface area contributed by atoms with E-state index >= 15 is 0 Å². The fourth-order valence-corrected chi connectivity index (χ4v) is 2.84. The molecule has 1 aromatic rings. The second kappa shape index (κ2) is 7.55. The van der Waals surface area contributed by atoms with E-state index in [1.807, 2.05) is 13.1 Å². The molecule has 3 nitrogen and oxygen atoms in total. The Morgan fingerprint density at radius 3 is 2.72 bits per heavy atom. The average molecular weight is 400 g/mol. The Morgan fingerprint density at radius 2 is 2.28 bits per heavy atom. The second-order valence-electron chi connectivity index (χ2n) is 4.24. The molecule has 0 aliphatic heterocycles. The third-order valence-corrected chi connectivity index (χ3v) is 4.14. The summed E-state index contributed by atoms with van der Waals surface area (Å²) in [6.07, 6.45) is 3.52. The molecule has 0 bridgehead atoms. The summed E-state index contributed by atoms with van der Waals surface area (Å²) in [4.78, 5) is 5.51. The Labute approximate surface area is 134 Å². The van der Waals surface area contributed by atoms with Gasteiger partial charge in [-0.1, -0.05) is 18.5 Å². The van der Waals surface area contributed by atoms with Crippen LogP contribution in [0.5, 0.6) is 0 Å². The summed E-state index contributed by atoms with van der Waals surface area (Å²) >= 11 is 7.60. The van der Waals surface area contributed by atoms with Crippen LogP contribution in [0.1, 0.15) is 37.1 Å². The molecule has 1 fully saturated rings. The molecule has 0 radical (unpaired) electrons. The lowest BCUT2D eigenvalue weighted by atomic mass is 10.2. The zero-order valence-corrected chi connectivity index (χ0v) is 14.5. The topological polar surface area (TPSA) is 36.4 Å². The lowest BCUT2D eigenvalue weighted by Crippen LogP contribution is -2.40. The zero-order valence-electron chi connectivity index (χ0n) is 10.6. The maximum absolute atomic E-state index is 5.97. The summed E-state index contributed by atoms with van der Waals surface area (Å²) < 4.78 is 0.838. The Balaban J connectivity index is 0.00000162. The molecule has 2 N–H and O–H groups in total. The molecule has 1 aromatic heterocycles. The van der Waals surface area contributed by atoms with Gasteiger partial charge in [-0.15, -0.1) is 35.3 Å². The van der Waals surface area contributed by atoms with E-state index in [0.717, 1.165) is 16.7 Å². The molecule has 1 heterocycles. The summed E-state index contributed by atoms with van der Waals surface area (Å²) in [6.45, 7) is 2.16. The quantitative estimate of drug-likeness (QED) is 0.459. The molecule has 0 aromatic carbocycles. The SMILES string of the molecule is CCC(NC(=NC)NC1CC1)c1ccc(Cl)s1.I. The van der Waals surface area contributed by atoms with E-state index in [1.165, 1.54) is 17.7 Å². The number of hydrogen-bond donors (Lipinski definition) is 2. The van der Waals surface area contributed by atoms with E-state index in [-0.39, 0.29) is 30.0 Å². The Kier molecular flexibility index (Phi) is 6.73. The first-order chi connectivity index (χ1) is 8.22. The summed E-state index contributed by atoms with van der Waals surface area (Å²) in [6, 6.07) is 4.93. The smallest absolute Gasteiger partial charge is 0.191 e. The van der Waals surface area contributed by atoms with Crippen molar-refractivity contribution in [3.8, 4) is 0 Å². The first-order valence-corrected chi connectivity index (χ1v) is 7.17. The minimum atomic E-state index is 0. The highest BCUT2D eigenvalue weighted by Gasteiger charge is 2.23. The number of guanidine groups is 1. The molecule has 1 atom stereocenters. The van der Waals surface area contributed by atoms with Gasteiger partial charge in [-0.05, 0) is 31.4 Å². The fourth-order valence-electron chi connectivity index (χ4n) is 1.65. The van der Waals surface area contributed by atoms with Crippen molar-refractivity contribution in [1.82, 2.24) is 10.6 Å². The van der Waals surface area contributed by atoms with Crippen molar-refractivity contribution in [3.05, 3.63) is 21.3 Å². The maximum atomic E-state index is 5.97. The maximum Gasteiger partial charge on any atom is 0.191 e. The van der Waals surface area contributed by atoms with Gasteiger partial charge in [0.05, 0.1) is 10.4 Å². The Hall–Kier alpha value is -0.0100. The molecule has 1 saturated carbocycles. The lowest BCUT2D eigenvalue weighted by Gasteiger charge is -2.19. The molecular formula is C12H19ClIN3S. The zero-order chi connectivity index (χ0) is 12.3. The van der Waals surface area contributed by atoms with Crippen molar-refractivity contribution in [2.45, 2.75) is 38.3 Å². The minimum absolute atomic E-state index is 0. The van der Waals surface area contributed by atoms with E-state index in [4.69, 9.17) is 11.6 Å². The normalized spacial score (nSPS) is 16.9. The predicted molar refractivity (Wildman–Crippen MR) is 90.4 cm³/mol. The highest BCUT2D eigenvalue weighted by Crippen LogP contribution is 2.28. The molecule has 1 unspecified atom stereocenters. The van der Waals surface area contributed by atoms with Gasteiger partial charge in [0, 0.05) is 18.0 Å². The molecule has 102 valence electrons. The number of hydrogen-bond acceptors (Lipinski definition) is 2. The van der Waals surface area contributed by atoms with Crippen molar-refractivity contribution in [2.75, 3.05) is 7.05 Å². The summed E-state index contributed by atoms with van der Waals surface area (Å²) in [5, 5.41) is 6.84. The van der Waals surface area contributed by atoms with Crippen LogP contribution in [0.2, 0.25) is 4.34 Å². The predicted octanol–water partition coefficient (Wildman–Crippen LogP) is 3.80. The highest BCUT2D eigenvalue weighted by atomic mass is 127. The van der Waals surface area contributed by atoms with Gasteiger partial charge in [0.15, 0.2) is 5.96 Å². The monoisotopic (exact) mass is 399 g/mol. The molecule has 6 heteroatoms. The van der Waals surface area contributed by atoms with Gasteiger partial charge < -0.3 is 10.6 Å². The van der Waals surface area contributed by atoms with Crippen LogP contribution in [0.3, 0.4) is 0 Å². The first-order valence-electron chi connectivity index (χ1n) is 5.98. The van der Waals surface area contributed by atoms with E-state index in [0.29, 0.717) is 6.04 Å². The van der Waals surface area contributed by atoms with Gasteiger partial charge in [-0.3, -0.25) is 4.99 Å². The van der Waals surface area contributed by atoms with E-state index in [2.05, 4.69) is 28.6 Å². The van der Waals surface area contributed by atoms with Gasteiger partial charge >= 0.3 is 0 Å². The van der Waals surface area contributed by atoms with E-state index in [9.17, 15) is 0 Å². The van der Waals surface area contributed by atoms with Crippen LogP contribution in [-0.4, -0.2) is 19.0 Å². The number of aliphatic imine (C=N–C) groups is 1. The first kappa shape index (κ1) is 16.0. The van der Waals surface area contributed by atoms with Crippen LogP contribution in [0.15, 0.2) is 17.1 Å². The number of nitrogens with zero attached hydrogens (tertiary/aromatic N) is 1. The standard InChI is InChI=1S/C12H18ClN3S.HI/c1-3-9(10-6-7-11(13)17-10)16-12(14-2)15-8-4-5-8;/h6-9H,3-5H2,1-2H3,(H2,14,15,16);1H. The number of nitrogens with one attached hydrogen (secondary N) is 2. The van der Waals surface area contributed by atoms with E-state index < -0.39 is 0 Å². The third-order valence-electron chi connectivity index (χ3n) is 2.80. The number of halogens is 2. The molecule has 0 amide bonds. The van der Waals surface area contributed by atoms with Gasteiger partial charge in [-0.2, -0.15) is 0 Å². The van der Waals surface area contributed by atoms with Gasteiger partial charge in [0.25, 0.3) is 0 Å². The van der Waals surface area contributed by atoms with Crippen LogP contribution in [-0.2, 0) is 0 Å². The van der Waals surface area contributed by atoms with Gasteiger partial charge in [-0.25, -0.2) is 0 Å².